The van der Waals surface area contributed by atoms with Crippen LogP contribution in [0.2, 0.25) is 0 Å². The Labute approximate surface area is 70.9 Å². The van der Waals surface area contributed by atoms with Crippen molar-refractivity contribution in [2.24, 2.45) is 0 Å². The van der Waals surface area contributed by atoms with Crippen LogP contribution in [0.25, 0.3) is 0 Å². The molecular formula is C6H12BF2NO2. The Kier molecular flexibility index (Phi) is 5.62. The molecule has 0 rings (SSSR count). The van der Waals surface area contributed by atoms with E-state index in [4.69, 9.17) is 0 Å². The highest BCUT2D eigenvalue weighted by Crippen LogP contribution is 2.05. The van der Waals surface area contributed by atoms with Crippen LogP contribution < -0.4 is 5.23 Å². The third kappa shape index (κ3) is 4.28. The van der Waals surface area contributed by atoms with Crippen LogP contribution in [0.15, 0.2) is 0 Å². The van der Waals surface area contributed by atoms with Gasteiger partial charge < -0.3 is 9.96 Å². The second-order valence-electron chi connectivity index (χ2n) is 2.24. The average Bonchev–Trinajstić information content (AvgIpc) is 2.00. The van der Waals surface area contributed by atoms with Gasteiger partial charge in [-0.25, -0.2) is 8.78 Å². The molecule has 0 aliphatic heterocycles. The summed E-state index contributed by atoms with van der Waals surface area (Å²) in [6, 6.07) is -1.11. The lowest BCUT2D eigenvalue weighted by Gasteiger charge is -2.13. The molecule has 3 nitrogen and oxygen atoms in total. The summed E-state index contributed by atoms with van der Waals surface area (Å²) in [6.45, 7) is 1.85. The minimum atomic E-state index is -2.54. The number of hydrogen-bond donors (Lipinski definition) is 1. The number of carbonyl (C=O) groups is 1. The minimum absolute atomic E-state index is 0.221. The van der Waals surface area contributed by atoms with E-state index in [9.17, 15) is 13.6 Å². The smallest absolute Gasteiger partial charge is 0.307 e. The van der Waals surface area contributed by atoms with Gasteiger partial charge in [0, 0.05) is 0 Å². The van der Waals surface area contributed by atoms with Crippen molar-refractivity contribution in [2.75, 3.05) is 6.61 Å². The van der Waals surface area contributed by atoms with Gasteiger partial charge in [0.25, 0.3) is 6.43 Å². The zero-order valence-electron chi connectivity index (χ0n) is 7.14. The quantitative estimate of drug-likeness (QED) is 0.465. The highest BCUT2D eigenvalue weighted by Gasteiger charge is 2.21. The number of hydrogen-bond acceptors (Lipinski definition) is 3. The number of nitrogens with one attached hydrogen (secondary N) is 1. The Morgan fingerprint density at radius 2 is 2.25 bits per heavy atom. The minimum Gasteiger partial charge on any atom is -0.466 e. The van der Waals surface area contributed by atoms with Gasteiger partial charge in [0.05, 0.1) is 19.1 Å². The molecule has 70 valence electrons. The fraction of sp³-hybridized carbons (Fsp3) is 0.833. The predicted octanol–water partition coefficient (Wildman–Crippen LogP) is -0.289. The molecule has 0 bridgehead atoms. The van der Waals surface area contributed by atoms with Gasteiger partial charge in [-0.2, -0.15) is 0 Å². The van der Waals surface area contributed by atoms with Crippen LogP contribution in [0, 0.1) is 0 Å². The SMILES string of the molecule is BNC(CC(=O)OCC)C(F)F. The number of halogens is 2. The monoisotopic (exact) mass is 179 g/mol. The maximum atomic E-state index is 12.0. The van der Waals surface area contributed by atoms with E-state index >= 15 is 0 Å². The first-order valence-corrected chi connectivity index (χ1v) is 3.72. The van der Waals surface area contributed by atoms with E-state index in [1.165, 1.54) is 7.98 Å². The molecule has 0 aliphatic rings. The van der Waals surface area contributed by atoms with Crippen LogP contribution in [0.1, 0.15) is 13.3 Å². The molecular weight excluding hydrogens is 167 g/mol. The van der Waals surface area contributed by atoms with Crippen molar-refractivity contribution in [1.82, 2.24) is 5.23 Å². The van der Waals surface area contributed by atoms with Gasteiger partial charge in [0.1, 0.15) is 0 Å². The fourth-order valence-corrected chi connectivity index (χ4v) is 0.717. The summed E-state index contributed by atoms with van der Waals surface area (Å²) in [5.41, 5.74) is 0. The first kappa shape index (κ1) is 11.4. The van der Waals surface area contributed by atoms with Crippen molar-refractivity contribution in [2.45, 2.75) is 25.8 Å². The molecule has 6 heteroatoms. The van der Waals surface area contributed by atoms with Crippen LogP contribution in [0.3, 0.4) is 0 Å². The van der Waals surface area contributed by atoms with E-state index in [0.717, 1.165) is 0 Å². The predicted molar refractivity (Wildman–Crippen MR) is 42.7 cm³/mol. The lowest BCUT2D eigenvalue weighted by Crippen LogP contribution is -2.36. The molecule has 0 aromatic carbocycles. The number of rotatable bonds is 5. The van der Waals surface area contributed by atoms with Crippen LogP contribution in [-0.2, 0) is 9.53 Å². The summed E-state index contributed by atoms with van der Waals surface area (Å²) in [7, 11) is 1.38. The van der Waals surface area contributed by atoms with E-state index in [0.29, 0.717) is 0 Å². The van der Waals surface area contributed by atoms with Crippen LogP contribution >= 0.6 is 0 Å². The molecule has 1 unspecified atom stereocenters. The Balaban J connectivity index is 3.77. The van der Waals surface area contributed by atoms with Crippen molar-refractivity contribution in [3.8, 4) is 0 Å². The summed E-state index contributed by atoms with van der Waals surface area (Å²) >= 11 is 0. The summed E-state index contributed by atoms with van der Waals surface area (Å²) < 4.78 is 28.6. The first-order chi connectivity index (χ1) is 5.61. The van der Waals surface area contributed by atoms with Gasteiger partial charge in [0.15, 0.2) is 7.98 Å². The van der Waals surface area contributed by atoms with Crippen molar-refractivity contribution in [3.05, 3.63) is 0 Å². The number of carbonyl (C=O) groups excluding carboxylic acids is 1. The van der Waals surface area contributed by atoms with E-state index < -0.39 is 18.4 Å². The lowest BCUT2D eigenvalue weighted by atomic mass is 10.2. The fourth-order valence-electron chi connectivity index (χ4n) is 0.717. The molecule has 0 saturated carbocycles. The van der Waals surface area contributed by atoms with Gasteiger partial charge in [-0.3, -0.25) is 4.79 Å². The van der Waals surface area contributed by atoms with Gasteiger partial charge in [-0.1, -0.05) is 0 Å². The maximum absolute atomic E-state index is 12.0. The molecule has 0 aromatic heterocycles. The molecule has 0 aliphatic carbocycles. The molecule has 0 radical (unpaired) electrons. The molecule has 0 fully saturated rings. The van der Waals surface area contributed by atoms with Crippen molar-refractivity contribution >= 4 is 14.0 Å². The maximum Gasteiger partial charge on any atom is 0.307 e. The zero-order valence-corrected chi connectivity index (χ0v) is 7.14. The largest absolute Gasteiger partial charge is 0.466 e. The van der Waals surface area contributed by atoms with E-state index in [1.807, 2.05) is 0 Å². The van der Waals surface area contributed by atoms with E-state index in [1.54, 1.807) is 6.92 Å². The summed E-state index contributed by atoms with van der Waals surface area (Å²) in [5.74, 6) is -0.600. The third-order valence-corrected chi connectivity index (χ3v) is 1.37. The van der Waals surface area contributed by atoms with Crippen LogP contribution in [-0.4, -0.2) is 33.0 Å². The number of ether oxygens (including phenoxy) is 1. The van der Waals surface area contributed by atoms with Gasteiger partial charge in [-0.05, 0) is 6.92 Å². The highest BCUT2D eigenvalue weighted by atomic mass is 19.3. The van der Waals surface area contributed by atoms with Gasteiger partial charge in [-0.15, -0.1) is 0 Å². The second kappa shape index (κ2) is 5.94. The first-order valence-electron chi connectivity index (χ1n) is 3.72. The van der Waals surface area contributed by atoms with Gasteiger partial charge in [0.2, 0.25) is 0 Å². The molecule has 0 heterocycles. The number of esters is 1. The third-order valence-electron chi connectivity index (χ3n) is 1.37. The summed E-state index contributed by atoms with van der Waals surface area (Å²) in [4.78, 5) is 10.7. The number of alkyl halides is 2. The van der Waals surface area contributed by atoms with Crippen molar-refractivity contribution < 1.29 is 18.3 Å². The Morgan fingerprint density at radius 3 is 2.58 bits per heavy atom. The molecule has 0 aromatic rings. The molecule has 1 atom stereocenters. The summed E-state index contributed by atoms with van der Waals surface area (Å²) in [5, 5.41) is 2.34. The van der Waals surface area contributed by atoms with Crippen molar-refractivity contribution in [3.63, 3.8) is 0 Å². The molecule has 0 amide bonds. The second-order valence-corrected chi connectivity index (χ2v) is 2.24. The Hall–Kier alpha value is -0.645. The lowest BCUT2D eigenvalue weighted by molar-refractivity contribution is -0.144. The average molecular weight is 179 g/mol. The highest BCUT2D eigenvalue weighted by molar-refractivity contribution is 6.04. The normalized spacial score (nSPS) is 13.0. The molecule has 0 saturated heterocycles. The molecule has 1 N–H and O–H groups in total. The van der Waals surface area contributed by atoms with Crippen LogP contribution in [0.5, 0.6) is 0 Å². The van der Waals surface area contributed by atoms with E-state index in [2.05, 4.69) is 9.96 Å². The topological polar surface area (TPSA) is 38.3 Å². The molecule has 12 heavy (non-hydrogen) atoms. The van der Waals surface area contributed by atoms with Gasteiger partial charge >= 0.3 is 5.97 Å². The van der Waals surface area contributed by atoms with Crippen molar-refractivity contribution in [1.29, 1.82) is 0 Å². The van der Waals surface area contributed by atoms with Crippen LogP contribution in [0.4, 0.5) is 8.78 Å². The molecule has 0 spiro atoms. The standard InChI is InChI=1S/C6H12BF2NO2/c1-2-12-5(11)3-4(10-7)6(8)9/h4,6,10H,2-3,7H2,1H3. The Bertz CT molecular complexity index is 146. The van der Waals surface area contributed by atoms with E-state index in [-0.39, 0.29) is 13.0 Å². The summed E-state index contributed by atoms with van der Waals surface area (Å²) in [6.07, 6.45) is -2.83. The zero-order chi connectivity index (χ0) is 9.56. The Morgan fingerprint density at radius 1 is 1.67 bits per heavy atom.